The van der Waals surface area contributed by atoms with Gasteiger partial charge in [0.05, 0.1) is 5.39 Å². The van der Waals surface area contributed by atoms with Crippen molar-refractivity contribution in [1.82, 2.24) is 9.97 Å². The highest BCUT2D eigenvalue weighted by atomic mass is 32.1. The van der Waals surface area contributed by atoms with E-state index in [1.807, 2.05) is 6.92 Å². The summed E-state index contributed by atoms with van der Waals surface area (Å²) in [6.45, 7) is 4.00. The molecule has 0 unspecified atom stereocenters. The Morgan fingerprint density at radius 2 is 1.95 bits per heavy atom. The van der Waals surface area contributed by atoms with E-state index in [2.05, 4.69) is 28.3 Å². The van der Waals surface area contributed by atoms with Crippen molar-refractivity contribution in [2.75, 3.05) is 5.32 Å². The number of nitrogens with one attached hydrogen (secondary N) is 1. The summed E-state index contributed by atoms with van der Waals surface area (Å²) in [5, 5.41) is 4.26. The van der Waals surface area contributed by atoms with Gasteiger partial charge in [0, 0.05) is 10.6 Å². The monoisotopic (exact) mass is 287 g/mol. The smallest absolute Gasteiger partial charge is 0.142 e. The van der Waals surface area contributed by atoms with E-state index < -0.39 is 0 Å². The molecule has 2 heterocycles. The zero-order valence-electron chi connectivity index (χ0n) is 11.3. The fraction of sp³-hybridized carbons (Fsp3) is 0.200. The Morgan fingerprint density at radius 1 is 1.20 bits per heavy atom. The molecule has 1 aromatic carbocycles. The minimum absolute atomic E-state index is 0.247. The molecule has 102 valence electrons. The molecule has 0 amide bonds. The Labute approximate surface area is 120 Å². The van der Waals surface area contributed by atoms with E-state index in [9.17, 15) is 4.39 Å². The first-order valence-electron chi connectivity index (χ1n) is 6.45. The highest BCUT2D eigenvalue weighted by Gasteiger charge is 2.10. The van der Waals surface area contributed by atoms with Crippen molar-refractivity contribution in [3.63, 3.8) is 0 Å². The van der Waals surface area contributed by atoms with Crippen molar-refractivity contribution in [3.8, 4) is 0 Å². The standard InChI is InChI=1S/C15H14FN3S/c1-3-12-8-13-14(17-9(2)18-15(13)20-12)19-11-6-4-10(16)5-7-11/h4-8H,3H2,1-2H3,(H,17,18,19). The lowest BCUT2D eigenvalue weighted by molar-refractivity contribution is 0.628. The average molecular weight is 287 g/mol. The molecule has 3 nitrogen and oxygen atoms in total. The molecule has 1 N–H and O–H groups in total. The number of benzene rings is 1. The predicted molar refractivity (Wildman–Crippen MR) is 81.2 cm³/mol. The molecule has 5 heteroatoms. The van der Waals surface area contributed by atoms with Crippen LogP contribution in [-0.2, 0) is 6.42 Å². The van der Waals surface area contributed by atoms with Gasteiger partial charge in [-0.1, -0.05) is 6.92 Å². The zero-order valence-corrected chi connectivity index (χ0v) is 12.1. The van der Waals surface area contributed by atoms with Crippen molar-refractivity contribution in [3.05, 3.63) is 46.9 Å². The maximum absolute atomic E-state index is 12.9. The summed E-state index contributed by atoms with van der Waals surface area (Å²) >= 11 is 1.69. The van der Waals surface area contributed by atoms with Gasteiger partial charge in [-0.3, -0.25) is 0 Å². The largest absolute Gasteiger partial charge is 0.340 e. The number of nitrogens with zero attached hydrogens (tertiary/aromatic N) is 2. The number of aromatic nitrogens is 2. The zero-order chi connectivity index (χ0) is 14.1. The molecule has 0 atom stereocenters. The van der Waals surface area contributed by atoms with Gasteiger partial charge in [-0.15, -0.1) is 11.3 Å². The molecule has 0 saturated heterocycles. The molecule has 0 fully saturated rings. The van der Waals surface area contributed by atoms with Gasteiger partial charge in [-0.2, -0.15) is 0 Å². The van der Waals surface area contributed by atoms with Gasteiger partial charge in [0.15, 0.2) is 0 Å². The summed E-state index contributed by atoms with van der Waals surface area (Å²) < 4.78 is 12.9. The van der Waals surface area contributed by atoms with Crippen LogP contribution in [0, 0.1) is 12.7 Å². The molecule has 0 radical (unpaired) electrons. The third-order valence-corrected chi connectivity index (χ3v) is 4.18. The minimum atomic E-state index is -0.247. The van der Waals surface area contributed by atoms with Crippen LogP contribution in [0.15, 0.2) is 30.3 Å². The van der Waals surface area contributed by atoms with Crippen LogP contribution in [0.4, 0.5) is 15.9 Å². The Balaban J connectivity index is 2.05. The number of anilines is 2. The first kappa shape index (κ1) is 13.0. The highest BCUT2D eigenvalue weighted by molar-refractivity contribution is 7.18. The molecular formula is C15H14FN3S. The third-order valence-electron chi connectivity index (χ3n) is 3.01. The maximum atomic E-state index is 12.9. The molecule has 20 heavy (non-hydrogen) atoms. The SMILES string of the molecule is CCc1cc2c(Nc3ccc(F)cc3)nc(C)nc2s1. The lowest BCUT2D eigenvalue weighted by Crippen LogP contribution is -1.97. The average Bonchev–Trinajstić information content (AvgIpc) is 2.84. The summed E-state index contributed by atoms with van der Waals surface area (Å²) in [6, 6.07) is 8.38. The quantitative estimate of drug-likeness (QED) is 0.773. The molecule has 0 spiro atoms. The Morgan fingerprint density at radius 3 is 2.65 bits per heavy atom. The fourth-order valence-corrected chi connectivity index (χ4v) is 3.03. The number of fused-ring (bicyclic) bond motifs is 1. The molecule has 0 aliphatic heterocycles. The molecule has 3 rings (SSSR count). The summed E-state index contributed by atoms with van der Waals surface area (Å²) in [5.74, 6) is 1.25. The van der Waals surface area contributed by atoms with Crippen molar-refractivity contribution in [2.24, 2.45) is 0 Å². The van der Waals surface area contributed by atoms with Gasteiger partial charge in [0.25, 0.3) is 0 Å². The van der Waals surface area contributed by atoms with Crippen molar-refractivity contribution < 1.29 is 4.39 Å². The van der Waals surface area contributed by atoms with Crippen LogP contribution in [0.5, 0.6) is 0 Å². The second-order valence-electron chi connectivity index (χ2n) is 4.54. The Bertz CT molecular complexity index is 750. The second kappa shape index (κ2) is 5.17. The van der Waals surface area contributed by atoms with Crippen LogP contribution >= 0.6 is 11.3 Å². The molecule has 2 aromatic heterocycles. The van der Waals surface area contributed by atoms with Crippen molar-refractivity contribution in [2.45, 2.75) is 20.3 Å². The van der Waals surface area contributed by atoms with Crippen LogP contribution in [0.25, 0.3) is 10.2 Å². The Hall–Kier alpha value is -2.01. The maximum Gasteiger partial charge on any atom is 0.142 e. The number of rotatable bonds is 3. The second-order valence-corrected chi connectivity index (χ2v) is 5.65. The number of thiophene rings is 1. The van der Waals surface area contributed by atoms with Crippen molar-refractivity contribution in [1.29, 1.82) is 0 Å². The summed E-state index contributed by atoms with van der Waals surface area (Å²) in [7, 11) is 0. The molecule has 0 aliphatic carbocycles. The third kappa shape index (κ3) is 2.49. The van der Waals surface area contributed by atoms with Gasteiger partial charge >= 0.3 is 0 Å². The highest BCUT2D eigenvalue weighted by Crippen LogP contribution is 2.30. The lowest BCUT2D eigenvalue weighted by atomic mass is 10.2. The van der Waals surface area contributed by atoms with Gasteiger partial charge < -0.3 is 5.32 Å². The van der Waals surface area contributed by atoms with Crippen LogP contribution in [0.1, 0.15) is 17.6 Å². The van der Waals surface area contributed by atoms with Crippen LogP contribution < -0.4 is 5.32 Å². The molecular weight excluding hydrogens is 273 g/mol. The van der Waals surface area contributed by atoms with E-state index in [1.165, 1.54) is 17.0 Å². The lowest BCUT2D eigenvalue weighted by Gasteiger charge is -2.07. The van der Waals surface area contributed by atoms with E-state index in [-0.39, 0.29) is 5.82 Å². The Kier molecular flexibility index (Phi) is 3.36. The topological polar surface area (TPSA) is 37.8 Å². The predicted octanol–water partition coefficient (Wildman–Crippen LogP) is 4.44. The first-order valence-corrected chi connectivity index (χ1v) is 7.27. The van der Waals surface area contributed by atoms with E-state index in [0.717, 1.165) is 34.0 Å². The van der Waals surface area contributed by atoms with Crippen LogP contribution in [0.2, 0.25) is 0 Å². The fourth-order valence-electron chi connectivity index (χ4n) is 2.02. The van der Waals surface area contributed by atoms with Crippen molar-refractivity contribution >= 4 is 33.1 Å². The van der Waals surface area contributed by atoms with Gasteiger partial charge in [0.1, 0.15) is 22.3 Å². The number of hydrogen-bond donors (Lipinski definition) is 1. The van der Waals surface area contributed by atoms with Gasteiger partial charge in [-0.05, 0) is 43.7 Å². The number of hydrogen-bond acceptors (Lipinski definition) is 4. The van der Waals surface area contributed by atoms with E-state index >= 15 is 0 Å². The first-order chi connectivity index (χ1) is 9.65. The molecule has 0 saturated carbocycles. The minimum Gasteiger partial charge on any atom is -0.340 e. The number of halogens is 1. The molecule has 0 aliphatic rings. The number of aryl methyl sites for hydroxylation is 2. The molecule has 0 bridgehead atoms. The van der Waals surface area contributed by atoms with Gasteiger partial charge in [0.2, 0.25) is 0 Å². The van der Waals surface area contributed by atoms with E-state index in [4.69, 9.17) is 0 Å². The van der Waals surface area contributed by atoms with E-state index in [0.29, 0.717) is 0 Å². The summed E-state index contributed by atoms with van der Waals surface area (Å²) in [4.78, 5) is 11.2. The van der Waals surface area contributed by atoms with Crippen LogP contribution in [-0.4, -0.2) is 9.97 Å². The van der Waals surface area contributed by atoms with E-state index in [1.54, 1.807) is 23.5 Å². The normalized spacial score (nSPS) is 10.9. The van der Waals surface area contributed by atoms with Gasteiger partial charge in [-0.25, -0.2) is 14.4 Å². The van der Waals surface area contributed by atoms with Crippen LogP contribution in [0.3, 0.4) is 0 Å². The summed E-state index contributed by atoms with van der Waals surface area (Å²) in [6.07, 6.45) is 0.982. The molecule has 3 aromatic rings. The summed E-state index contributed by atoms with van der Waals surface area (Å²) in [5.41, 5.74) is 0.815.